The normalized spacial score (nSPS) is 16.9. The number of carbonyl (C=O) groups is 1. The number of sulfonamides is 1. The van der Waals surface area contributed by atoms with Crippen LogP contribution in [0.5, 0.6) is 0 Å². The lowest BCUT2D eigenvalue weighted by atomic mass is 10.0. The predicted octanol–water partition coefficient (Wildman–Crippen LogP) is 4.51. The summed E-state index contributed by atoms with van der Waals surface area (Å²) in [5.41, 5.74) is 4.06. The summed E-state index contributed by atoms with van der Waals surface area (Å²) < 4.78 is 26.8. The minimum Gasteiger partial charge on any atom is -0.326 e. The van der Waals surface area contributed by atoms with Crippen LogP contribution in [0.3, 0.4) is 0 Å². The Morgan fingerprint density at radius 1 is 1.12 bits per heavy atom. The Morgan fingerprint density at radius 3 is 2.55 bits per heavy atom. The van der Waals surface area contributed by atoms with Crippen molar-refractivity contribution in [2.24, 2.45) is 0 Å². The fraction of sp³-hybridized carbons (Fsp3) is 0.391. The van der Waals surface area contributed by atoms with Crippen molar-refractivity contribution in [3.05, 3.63) is 53.4 Å². The third-order valence-electron chi connectivity index (χ3n) is 5.89. The second-order valence-corrected chi connectivity index (χ2v) is 11.4. The van der Waals surface area contributed by atoms with Gasteiger partial charge in [0.1, 0.15) is 0 Å². The minimum atomic E-state index is -3.37. The summed E-state index contributed by atoms with van der Waals surface area (Å²) in [6.45, 7) is 1.91. The first-order chi connectivity index (χ1) is 15.9. The molecule has 2 fully saturated rings. The zero-order valence-corrected chi connectivity index (χ0v) is 19.8. The van der Waals surface area contributed by atoms with Gasteiger partial charge in [0.05, 0.1) is 34.4 Å². The molecule has 2 saturated carbocycles. The number of amides is 1. The SMILES string of the molecule is CCC(C(=O)Nc1ccc(-c2cncc(C3CC3)n2)cc1)c1csc(NS(=O)(=O)C2CC2)n1. The average molecular weight is 484 g/mol. The molecule has 172 valence electrons. The number of hydrogen-bond donors (Lipinski definition) is 2. The quantitative estimate of drug-likeness (QED) is 0.463. The summed E-state index contributed by atoms with van der Waals surface area (Å²) >= 11 is 1.20. The Hall–Kier alpha value is -2.85. The summed E-state index contributed by atoms with van der Waals surface area (Å²) in [5, 5.41) is 4.68. The van der Waals surface area contributed by atoms with Crippen LogP contribution in [0.2, 0.25) is 0 Å². The molecule has 3 aromatic rings. The van der Waals surface area contributed by atoms with Gasteiger partial charge in [0.15, 0.2) is 5.13 Å². The Kier molecular flexibility index (Phi) is 5.88. The molecule has 0 saturated heterocycles. The zero-order chi connectivity index (χ0) is 23.0. The van der Waals surface area contributed by atoms with Crippen LogP contribution in [0, 0.1) is 0 Å². The second kappa shape index (κ2) is 8.83. The maximum absolute atomic E-state index is 12.9. The van der Waals surface area contributed by atoms with Gasteiger partial charge in [-0.15, -0.1) is 11.3 Å². The molecule has 2 heterocycles. The van der Waals surface area contributed by atoms with Crippen molar-refractivity contribution in [2.75, 3.05) is 10.0 Å². The summed E-state index contributed by atoms with van der Waals surface area (Å²) in [4.78, 5) is 26.3. The number of benzene rings is 1. The van der Waals surface area contributed by atoms with Crippen molar-refractivity contribution in [2.45, 2.75) is 56.1 Å². The molecule has 2 aliphatic carbocycles. The van der Waals surface area contributed by atoms with Crippen LogP contribution in [0.1, 0.15) is 62.3 Å². The average Bonchev–Trinajstić information content (AvgIpc) is 3.73. The van der Waals surface area contributed by atoms with Crippen molar-refractivity contribution in [1.29, 1.82) is 0 Å². The number of aromatic nitrogens is 3. The fourth-order valence-electron chi connectivity index (χ4n) is 3.65. The lowest BCUT2D eigenvalue weighted by Gasteiger charge is -2.13. The maximum Gasteiger partial charge on any atom is 0.237 e. The van der Waals surface area contributed by atoms with Crippen LogP contribution >= 0.6 is 11.3 Å². The molecule has 2 aliphatic rings. The first kappa shape index (κ1) is 22.0. The molecule has 1 amide bonds. The molecule has 0 spiro atoms. The van der Waals surface area contributed by atoms with Gasteiger partial charge in [-0.3, -0.25) is 14.5 Å². The molecule has 0 aliphatic heterocycles. The van der Waals surface area contributed by atoms with Crippen LogP contribution < -0.4 is 10.0 Å². The minimum absolute atomic E-state index is 0.178. The largest absolute Gasteiger partial charge is 0.326 e. The number of nitrogens with one attached hydrogen (secondary N) is 2. The van der Waals surface area contributed by atoms with Crippen LogP contribution in [-0.4, -0.2) is 34.5 Å². The van der Waals surface area contributed by atoms with E-state index in [-0.39, 0.29) is 11.2 Å². The molecule has 1 atom stereocenters. The summed E-state index contributed by atoms with van der Waals surface area (Å²) in [6.07, 6.45) is 7.86. The second-order valence-electron chi connectivity index (χ2n) is 8.55. The molecular weight excluding hydrogens is 458 g/mol. The molecule has 5 rings (SSSR count). The fourth-order valence-corrected chi connectivity index (χ4v) is 6.02. The van der Waals surface area contributed by atoms with E-state index in [2.05, 4.69) is 20.0 Å². The van der Waals surface area contributed by atoms with Gasteiger partial charge in [-0.1, -0.05) is 19.1 Å². The van der Waals surface area contributed by atoms with Gasteiger partial charge in [-0.2, -0.15) is 0 Å². The summed E-state index contributed by atoms with van der Waals surface area (Å²) in [5.74, 6) is -0.110. The monoisotopic (exact) mass is 483 g/mol. The predicted molar refractivity (Wildman–Crippen MR) is 129 cm³/mol. The Morgan fingerprint density at radius 2 is 1.88 bits per heavy atom. The molecule has 1 unspecified atom stereocenters. The molecule has 10 heteroatoms. The van der Waals surface area contributed by atoms with Crippen LogP contribution in [0.4, 0.5) is 10.8 Å². The smallest absolute Gasteiger partial charge is 0.237 e. The van der Waals surface area contributed by atoms with Gasteiger partial charge in [0.2, 0.25) is 15.9 Å². The van der Waals surface area contributed by atoms with E-state index < -0.39 is 15.9 Å². The molecule has 0 bridgehead atoms. The highest BCUT2D eigenvalue weighted by atomic mass is 32.2. The van der Waals surface area contributed by atoms with Gasteiger partial charge < -0.3 is 5.32 Å². The first-order valence-corrected chi connectivity index (χ1v) is 13.6. The van der Waals surface area contributed by atoms with Crippen molar-refractivity contribution in [3.63, 3.8) is 0 Å². The van der Waals surface area contributed by atoms with Gasteiger partial charge in [-0.25, -0.2) is 18.4 Å². The van der Waals surface area contributed by atoms with E-state index in [0.29, 0.717) is 41.7 Å². The van der Waals surface area contributed by atoms with Crippen molar-refractivity contribution < 1.29 is 13.2 Å². The lowest BCUT2D eigenvalue weighted by Crippen LogP contribution is -2.21. The molecular formula is C23H25N5O3S2. The lowest BCUT2D eigenvalue weighted by molar-refractivity contribution is -0.117. The van der Waals surface area contributed by atoms with E-state index in [0.717, 1.165) is 17.0 Å². The first-order valence-electron chi connectivity index (χ1n) is 11.1. The number of thiazole rings is 1. The van der Waals surface area contributed by atoms with Crippen LogP contribution in [0.25, 0.3) is 11.3 Å². The van der Waals surface area contributed by atoms with Crippen LogP contribution in [0.15, 0.2) is 42.0 Å². The van der Waals surface area contributed by atoms with Crippen molar-refractivity contribution in [1.82, 2.24) is 15.0 Å². The van der Waals surface area contributed by atoms with E-state index in [4.69, 9.17) is 4.98 Å². The number of nitrogens with zero attached hydrogens (tertiary/aromatic N) is 3. The summed E-state index contributed by atoms with van der Waals surface area (Å²) in [7, 11) is -3.37. The standard InChI is InChI=1S/C23H25N5O3S2/c1-2-18(21-13-32-23(27-21)28-33(30,31)17-9-10-17)22(29)25-16-7-5-15(6-8-16)20-12-24-11-19(26-20)14-3-4-14/h5-8,11-14,17-18H,2-4,9-10H2,1H3,(H,25,29)(H,27,28). The number of hydrogen-bond acceptors (Lipinski definition) is 7. The Labute approximate surface area is 197 Å². The Balaban J connectivity index is 1.25. The molecule has 1 aromatic carbocycles. The Bertz CT molecular complexity index is 1270. The topological polar surface area (TPSA) is 114 Å². The molecule has 2 N–H and O–H groups in total. The highest BCUT2D eigenvalue weighted by Gasteiger charge is 2.36. The van der Waals surface area contributed by atoms with E-state index in [1.165, 1.54) is 24.2 Å². The van der Waals surface area contributed by atoms with Gasteiger partial charge in [-0.05, 0) is 44.2 Å². The highest BCUT2D eigenvalue weighted by Crippen LogP contribution is 2.39. The molecule has 8 nitrogen and oxygen atoms in total. The number of rotatable bonds is 9. The van der Waals surface area contributed by atoms with Crippen molar-refractivity contribution in [3.8, 4) is 11.3 Å². The molecule has 0 radical (unpaired) electrons. The van der Waals surface area contributed by atoms with Gasteiger partial charge in [0, 0.05) is 28.7 Å². The van der Waals surface area contributed by atoms with E-state index in [1.807, 2.05) is 37.4 Å². The third-order valence-corrected chi connectivity index (χ3v) is 8.63. The zero-order valence-electron chi connectivity index (χ0n) is 18.2. The number of anilines is 2. The highest BCUT2D eigenvalue weighted by molar-refractivity contribution is 7.93. The maximum atomic E-state index is 12.9. The van der Waals surface area contributed by atoms with Crippen LogP contribution in [-0.2, 0) is 14.8 Å². The van der Waals surface area contributed by atoms with E-state index in [1.54, 1.807) is 11.6 Å². The number of carbonyl (C=O) groups excluding carboxylic acids is 1. The van der Waals surface area contributed by atoms with Crippen molar-refractivity contribution >= 4 is 38.1 Å². The van der Waals surface area contributed by atoms with E-state index >= 15 is 0 Å². The van der Waals surface area contributed by atoms with E-state index in [9.17, 15) is 13.2 Å². The molecule has 33 heavy (non-hydrogen) atoms. The third kappa shape index (κ3) is 5.06. The summed E-state index contributed by atoms with van der Waals surface area (Å²) in [6, 6.07) is 7.54. The van der Waals surface area contributed by atoms with Gasteiger partial charge >= 0.3 is 0 Å². The van der Waals surface area contributed by atoms with Gasteiger partial charge in [0.25, 0.3) is 0 Å². The molecule has 2 aromatic heterocycles.